The maximum atomic E-state index is 14.4. The first-order valence-electron chi connectivity index (χ1n) is 8.19. The van der Waals surface area contributed by atoms with Gasteiger partial charge in [0.1, 0.15) is 17.3 Å². The number of nitrogens with zero attached hydrogens (tertiary/aromatic N) is 1. The van der Waals surface area contributed by atoms with Crippen molar-refractivity contribution in [3.05, 3.63) is 54.4 Å². The molecule has 3 heterocycles. The number of hydrogen-bond acceptors (Lipinski definition) is 3. The van der Waals surface area contributed by atoms with E-state index in [9.17, 15) is 19.1 Å². The van der Waals surface area contributed by atoms with Crippen molar-refractivity contribution in [1.82, 2.24) is 0 Å². The zero-order valence-corrected chi connectivity index (χ0v) is 13.7. The lowest BCUT2D eigenvalue weighted by Gasteiger charge is -2.33. The highest BCUT2D eigenvalue weighted by molar-refractivity contribution is 6.03. The number of carboxylic acid groups (broad SMARTS) is 1. The molecule has 1 amide bonds. The Labute approximate surface area is 144 Å². The van der Waals surface area contributed by atoms with Crippen LogP contribution in [-0.4, -0.2) is 34.7 Å². The third-order valence-corrected chi connectivity index (χ3v) is 5.36. The molecule has 0 radical (unpaired) electrons. The van der Waals surface area contributed by atoms with Crippen molar-refractivity contribution in [3.63, 3.8) is 0 Å². The Bertz CT molecular complexity index is 819. The number of carbonyl (C=O) groups excluding carboxylic acids is 1. The van der Waals surface area contributed by atoms with Crippen LogP contribution in [0.3, 0.4) is 0 Å². The van der Waals surface area contributed by atoms with E-state index in [-0.39, 0.29) is 5.69 Å². The van der Waals surface area contributed by atoms with Crippen molar-refractivity contribution in [2.24, 2.45) is 11.8 Å². The van der Waals surface area contributed by atoms with Crippen LogP contribution in [0, 0.1) is 17.7 Å². The van der Waals surface area contributed by atoms with Gasteiger partial charge >= 0.3 is 5.97 Å². The Morgan fingerprint density at radius 2 is 2.16 bits per heavy atom. The Balaban J connectivity index is 1.87. The summed E-state index contributed by atoms with van der Waals surface area (Å²) in [7, 11) is 0. The summed E-state index contributed by atoms with van der Waals surface area (Å²) in [5.41, 5.74) is -0.0908. The smallest absolute Gasteiger partial charge is 0.310 e. The van der Waals surface area contributed by atoms with Gasteiger partial charge in [0.25, 0.3) is 0 Å². The van der Waals surface area contributed by atoms with Crippen molar-refractivity contribution in [3.8, 4) is 0 Å². The number of carbonyl (C=O) groups is 2. The van der Waals surface area contributed by atoms with E-state index in [0.717, 1.165) is 5.57 Å². The standard InChI is InChI=1S/C19H18FNO4/c1-10(2)9-14-19-8-7-13(25-19)15(18(23)24)16(19)17(22)21(14)12-6-4-3-5-11(12)20/h3-8,13-16H,1,9H2,2H3,(H,23,24)/t13-,14-,15+,16-,19+/m1/s1. The van der Waals surface area contributed by atoms with Gasteiger partial charge in [-0.2, -0.15) is 0 Å². The number of rotatable bonds is 4. The molecule has 1 N–H and O–H groups in total. The predicted octanol–water partition coefficient (Wildman–Crippen LogP) is 2.53. The molecule has 2 fully saturated rings. The quantitative estimate of drug-likeness (QED) is 0.853. The number of hydrogen-bond donors (Lipinski definition) is 1. The first-order valence-corrected chi connectivity index (χ1v) is 8.19. The fraction of sp³-hybridized carbons (Fsp3) is 0.368. The molecule has 3 aliphatic rings. The van der Waals surface area contributed by atoms with Gasteiger partial charge in [-0.3, -0.25) is 9.59 Å². The van der Waals surface area contributed by atoms with Crippen molar-refractivity contribution < 1.29 is 23.8 Å². The fourth-order valence-electron chi connectivity index (χ4n) is 4.45. The first kappa shape index (κ1) is 16.0. The van der Waals surface area contributed by atoms with Gasteiger partial charge in [0, 0.05) is 0 Å². The van der Waals surface area contributed by atoms with Crippen LogP contribution in [0.25, 0.3) is 0 Å². The normalized spacial score (nSPS) is 35.3. The minimum Gasteiger partial charge on any atom is -0.481 e. The lowest BCUT2D eigenvalue weighted by molar-refractivity contribution is -0.146. The summed E-state index contributed by atoms with van der Waals surface area (Å²) in [5, 5.41) is 9.60. The van der Waals surface area contributed by atoms with Crippen LogP contribution in [0.5, 0.6) is 0 Å². The van der Waals surface area contributed by atoms with Crippen LogP contribution >= 0.6 is 0 Å². The average Bonchev–Trinajstić information content (AvgIpc) is 3.18. The summed E-state index contributed by atoms with van der Waals surface area (Å²) < 4.78 is 20.4. The molecule has 0 aliphatic carbocycles. The van der Waals surface area contributed by atoms with Crippen molar-refractivity contribution in [2.75, 3.05) is 4.90 Å². The van der Waals surface area contributed by atoms with E-state index >= 15 is 0 Å². The zero-order valence-electron chi connectivity index (χ0n) is 13.7. The first-order chi connectivity index (χ1) is 11.9. The lowest BCUT2D eigenvalue weighted by Crippen LogP contribution is -2.45. The molecular weight excluding hydrogens is 325 g/mol. The topological polar surface area (TPSA) is 66.8 Å². The Morgan fingerprint density at radius 3 is 2.80 bits per heavy atom. The van der Waals surface area contributed by atoms with Gasteiger partial charge in [-0.25, -0.2) is 4.39 Å². The Kier molecular flexibility index (Phi) is 3.37. The third kappa shape index (κ3) is 2.03. The molecule has 130 valence electrons. The highest BCUT2D eigenvalue weighted by atomic mass is 19.1. The summed E-state index contributed by atoms with van der Waals surface area (Å²) in [6.45, 7) is 5.74. The molecule has 1 spiro atoms. The van der Waals surface area contributed by atoms with Crippen LogP contribution in [0.4, 0.5) is 10.1 Å². The number of carboxylic acids is 1. The zero-order chi connectivity index (χ0) is 17.9. The second-order valence-electron chi connectivity index (χ2n) is 6.97. The molecular formula is C19H18FNO4. The van der Waals surface area contributed by atoms with Crippen LogP contribution < -0.4 is 4.90 Å². The van der Waals surface area contributed by atoms with Crippen LogP contribution in [0.15, 0.2) is 48.6 Å². The number of anilines is 1. The van der Waals surface area contributed by atoms with E-state index in [1.807, 2.05) is 6.92 Å². The number of aliphatic carboxylic acids is 1. The van der Waals surface area contributed by atoms with E-state index in [0.29, 0.717) is 6.42 Å². The maximum absolute atomic E-state index is 14.4. The van der Waals surface area contributed by atoms with Crippen molar-refractivity contribution >= 4 is 17.6 Å². The minimum absolute atomic E-state index is 0.145. The van der Waals surface area contributed by atoms with Gasteiger partial charge in [0.15, 0.2) is 0 Å². The molecule has 2 saturated heterocycles. The van der Waals surface area contributed by atoms with Gasteiger partial charge in [-0.05, 0) is 25.5 Å². The lowest BCUT2D eigenvalue weighted by atomic mass is 9.74. The number of halogens is 1. The van der Waals surface area contributed by atoms with E-state index in [1.54, 1.807) is 24.3 Å². The van der Waals surface area contributed by atoms with Gasteiger partial charge < -0.3 is 14.7 Å². The van der Waals surface area contributed by atoms with E-state index in [1.165, 1.54) is 17.0 Å². The van der Waals surface area contributed by atoms with E-state index < -0.39 is 47.3 Å². The van der Waals surface area contributed by atoms with Crippen LogP contribution in [0.2, 0.25) is 0 Å². The molecule has 0 aromatic heterocycles. The monoisotopic (exact) mass is 343 g/mol. The molecule has 6 heteroatoms. The second kappa shape index (κ2) is 5.26. The Hall–Kier alpha value is -2.47. The highest BCUT2D eigenvalue weighted by Crippen LogP contribution is 2.56. The largest absolute Gasteiger partial charge is 0.481 e. The third-order valence-electron chi connectivity index (χ3n) is 5.36. The highest BCUT2D eigenvalue weighted by Gasteiger charge is 2.71. The molecule has 0 saturated carbocycles. The predicted molar refractivity (Wildman–Crippen MR) is 88.5 cm³/mol. The van der Waals surface area contributed by atoms with E-state index in [4.69, 9.17) is 4.74 Å². The minimum atomic E-state index is -1.07. The number of ether oxygens (including phenoxy) is 1. The summed E-state index contributed by atoms with van der Waals surface area (Å²) in [6, 6.07) is 5.49. The average molecular weight is 343 g/mol. The summed E-state index contributed by atoms with van der Waals surface area (Å²) in [5.74, 6) is -3.81. The fourth-order valence-corrected chi connectivity index (χ4v) is 4.45. The van der Waals surface area contributed by atoms with Crippen molar-refractivity contribution in [1.29, 1.82) is 0 Å². The Morgan fingerprint density at radius 1 is 1.44 bits per heavy atom. The number of amides is 1. The number of fused-ring (bicyclic) bond motifs is 1. The molecule has 2 bridgehead atoms. The molecule has 5 nitrogen and oxygen atoms in total. The number of benzene rings is 1. The van der Waals surface area contributed by atoms with Crippen molar-refractivity contribution in [2.45, 2.75) is 31.1 Å². The van der Waals surface area contributed by atoms with Gasteiger partial charge in [-0.15, -0.1) is 6.58 Å². The molecule has 4 rings (SSSR count). The van der Waals surface area contributed by atoms with Crippen LogP contribution in [-0.2, 0) is 14.3 Å². The van der Waals surface area contributed by atoms with Gasteiger partial charge in [-0.1, -0.05) is 29.9 Å². The molecule has 25 heavy (non-hydrogen) atoms. The summed E-state index contributed by atoms with van der Waals surface area (Å²) in [4.78, 5) is 26.3. The second-order valence-corrected chi connectivity index (χ2v) is 6.97. The van der Waals surface area contributed by atoms with E-state index in [2.05, 4.69) is 6.58 Å². The molecule has 0 unspecified atom stereocenters. The van der Waals surface area contributed by atoms with Gasteiger partial charge in [0.2, 0.25) is 5.91 Å². The summed E-state index contributed by atoms with van der Waals surface area (Å²) in [6.07, 6.45) is 3.27. The maximum Gasteiger partial charge on any atom is 0.310 e. The summed E-state index contributed by atoms with van der Waals surface area (Å²) >= 11 is 0. The molecule has 1 aromatic carbocycles. The molecule has 5 atom stereocenters. The van der Waals surface area contributed by atoms with Gasteiger partial charge in [0.05, 0.1) is 23.8 Å². The number of para-hydroxylation sites is 1. The SMILES string of the molecule is C=C(C)C[C@H]1N(c2ccccc2F)C(=O)[C@H]2[C@@H](C(=O)O)[C@H]3C=C[C@@]21O3. The van der Waals surface area contributed by atoms with Crippen LogP contribution in [0.1, 0.15) is 13.3 Å². The molecule has 1 aromatic rings. The molecule has 3 aliphatic heterocycles.